The van der Waals surface area contributed by atoms with Crippen molar-refractivity contribution >= 4 is 57.6 Å². The predicted molar refractivity (Wildman–Crippen MR) is 135 cm³/mol. The Bertz CT molecular complexity index is 1220. The summed E-state index contributed by atoms with van der Waals surface area (Å²) in [5.41, 5.74) is 2.20. The van der Waals surface area contributed by atoms with Crippen molar-refractivity contribution in [3.63, 3.8) is 0 Å². The van der Waals surface area contributed by atoms with E-state index in [1.807, 2.05) is 37.3 Å². The topological polar surface area (TPSA) is 38.8 Å². The van der Waals surface area contributed by atoms with Gasteiger partial charge < -0.3 is 9.47 Å². The van der Waals surface area contributed by atoms with Gasteiger partial charge in [-0.25, -0.2) is 4.39 Å². The Labute approximate surface area is 206 Å². The average Bonchev–Trinajstić information content (AvgIpc) is 3.08. The van der Waals surface area contributed by atoms with Crippen molar-refractivity contribution in [3.8, 4) is 11.5 Å². The number of thiocarbonyl (C=S) groups is 1. The molecule has 1 aliphatic rings. The number of halogens is 2. The Morgan fingerprint density at radius 2 is 1.82 bits per heavy atom. The molecule has 0 saturated carbocycles. The standard InChI is InChI=1S/C25H19ClFNO3S2/c1-2-30-21-13-17(12-20(26)23(21)31-15-16-8-10-18(27)11-9-16)14-22-24(29)28(25(32)33-22)19-6-4-3-5-7-19/h3-14H,2,15H2,1H3/b22-14+. The van der Waals surface area contributed by atoms with Gasteiger partial charge >= 0.3 is 0 Å². The molecular weight excluding hydrogens is 481 g/mol. The molecule has 0 bridgehead atoms. The van der Waals surface area contributed by atoms with Gasteiger partial charge in [0, 0.05) is 0 Å². The fourth-order valence-electron chi connectivity index (χ4n) is 3.23. The minimum absolute atomic E-state index is 0.193. The van der Waals surface area contributed by atoms with Gasteiger partial charge in [0.05, 0.1) is 22.2 Å². The van der Waals surface area contributed by atoms with Crippen molar-refractivity contribution < 1.29 is 18.7 Å². The van der Waals surface area contributed by atoms with Crippen molar-refractivity contribution in [3.05, 3.63) is 93.6 Å². The molecule has 33 heavy (non-hydrogen) atoms. The summed E-state index contributed by atoms with van der Waals surface area (Å²) in [5.74, 6) is 0.337. The minimum atomic E-state index is -0.311. The molecule has 4 rings (SSSR count). The van der Waals surface area contributed by atoms with Gasteiger partial charge in [0.1, 0.15) is 12.4 Å². The molecule has 8 heteroatoms. The average molecular weight is 500 g/mol. The van der Waals surface area contributed by atoms with Crippen LogP contribution in [0.25, 0.3) is 6.08 Å². The Hall–Kier alpha value is -2.87. The van der Waals surface area contributed by atoms with Crippen LogP contribution in [0.3, 0.4) is 0 Å². The fraction of sp³-hybridized carbons (Fsp3) is 0.120. The van der Waals surface area contributed by atoms with E-state index in [1.54, 1.807) is 30.3 Å². The van der Waals surface area contributed by atoms with Crippen LogP contribution in [0.1, 0.15) is 18.1 Å². The molecule has 4 nitrogen and oxygen atoms in total. The summed E-state index contributed by atoms with van der Waals surface area (Å²) in [6.07, 6.45) is 1.74. The van der Waals surface area contributed by atoms with E-state index in [0.717, 1.165) is 11.3 Å². The monoisotopic (exact) mass is 499 g/mol. The van der Waals surface area contributed by atoms with Crippen molar-refractivity contribution in [2.75, 3.05) is 11.5 Å². The van der Waals surface area contributed by atoms with Crippen molar-refractivity contribution in [2.24, 2.45) is 0 Å². The van der Waals surface area contributed by atoms with E-state index in [-0.39, 0.29) is 18.3 Å². The first-order chi connectivity index (χ1) is 16.0. The lowest BCUT2D eigenvalue weighted by Crippen LogP contribution is -2.27. The van der Waals surface area contributed by atoms with Crippen LogP contribution in [0.4, 0.5) is 10.1 Å². The summed E-state index contributed by atoms with van der Waals surface area (Å²) in [4.78, 5) is 15.0. The summed E-state index contributed by atoms with van der Waals surface area (Å²) in [6.45, 7) is 2.47. The van der Waals surface area contributed by atoms with Crippen LogP contribution in [0.15, 0.2) is 71.6 Å². The lowest BCUT2D eigenvalue weighted by atomic mass is 10.1. The predicted octanol–water partition coefficient (Wildman–Crippen LogP) is 6.86. The summed E-state index contributed by atoms with van der Waals surface area (Å²) < 4.78 is 25.2. The van der Waals surface area contributed by atoms with E-state index < -0.39 is 0 Å². The number of carbonyl (C=O) groups is 1. The Morgan fingerprint density at radius 3 is 2.52 bits per heavy atom. The molecule has 1 saturated heterocycles. The van der Waals surface area contributed by atoms with E-state index in [0.29, 0.717) is 37.9 Å². The van der Waals surface area contributed by atoms with Gasteiger partial charge in [0.2, 0.25) is 0 Å². The number of hydrogen-bond acceptors (Lipinski definition) is 5. The van der Waals surface area contributed by atoms with E-state index in [4.69, 9.17) is 33.3 Å². The fourth-order valence-corrected chi connectivity index (χ4v) is 4.80. The second-order valence-electron chi connectivity index (χ2n) is 7.03. The number of nitrogens with zero attached hydrogens (tertiary/aromatic N) is 1. The number of hydrogen-bond donors (Lipinski definition) is 0. The number of para-hydroxylation sites is 1. The van der Waals surface area contributed by atoms with Crippen LogP contribution in [0.2, 0.25) is 5.02 Å². The Morgan fingerprint density at radius 1 is 1.09 bits per heavy atom. The second-order valence-corrected chi connectivity index (χ2v) is 9.11. The molecule has 1 heterocycles. The SMILES string of the molecule is CCOc1cc(/C=C2/SC(=S)N(c3ccccc3)C2=O)cc(Cl)c1OCc1ccc(F)cc1. The van der Waals surface area contributed by atoms with Gasteiger partial charge in [0.15, 0.2) is 15.8 Å². The number of anilines is 1. The molecule has 0 radical (unpaired) electrons. The second kappa shape index (κ2) is 10.4. The van der Waals surface area contributed by atoms with E-state index in [2.05, 4.69) is 0 Å². The third-order valence-corrected chi connectivity index (χ3v) is 6.32. The molecule has 1 fully saturated rings. The van der Waals surface area contributed by atoms with E-state index in [9.17, 15) is 9.18 Å². The maximum absolute atomic E-state index is 13.1. The van der Waals surface area contributed by atoms with Crippen LogP contribution in [-0.4, -0.2) is 16.8 Å². The van der Waals surface area contributed by atoms with Crippen molar-refractivity contribution in [1.29, 1.82) is 0 Å². The zero-order valence-corrected chi connectivity index (χ0v) is 20.0. The highest BCUT2D eigenvalue weighted by Crippen LogP contribution is 2.40. The van der Waals surface area contributed by atoms with Crippen LogP contribution in [0.5, 0.6) is 11.5 Å². The van der Waals surface area contributed by atoms with Crippen LogP contribution >= 0.6 is 35.6 Å². The number of thioether (sulfide) groups is 1. The van der Waals surface area contributed by atoms with Crippen LogP contribution < -0.4 is 14.4 Å². The molecule has 1 aliphatic heterocycles. The van der Waals surface area contributed by atoms with E-state index in [1.165, 1.54) is 28.8 Å². The summed E-state index contributed by atoms with van der Waals surface area (Å²) in [7, 11) is 0. The third-order valence-electron chi connectivity index (χ3n) is 4.73. The summed E-state index contributed by atoms with van der Waals surface area (Å²) in [6, 6.07) is 18.8. The first-order valence-corrected chi connectivity index (χ1v) is 11.7. The smallest absolute Gasteiger partial charge is 0.270 e. The summed E-state index contributed by atoms with van der Waals surface area (Å²) >= 11 is 13.2. The molecule has 1 amide bonds. The lowest BCUT2D eigenvalue weighted by Gasteiger charge is -2.15. The summed E-state index contributed by atoms with van der Waals surface area (Å²) in [5, 5.41) is 0.341. The third kappa shape index (κ3) is 5.38. The lowest BCUT2D eigenvalue weighted by molar-refractivity contribution is -0.113. The maximum Gasteiger partial charge on any atom is 0.270 e. The largest absolute Gasteiger partial charge is 0.490 e. The minimum Gasteiger partial charge on any atom is -0.490 e. The Kier molecular flexibility index (Phi) is 7.33. The molecule has 0 spiro atoms. The van der Waals surface area contributed by atoms with Gasteiger partial charge in [-0.2, -0.15) is 0 Å². The molecule has 3 aromatic carbocycles. The zero-order chi connectivity index (χ0) is 23.4. The van der Waals surface area contributed by atoms with Gasteiger partial charge in [0.25, 0.3) is 5.91 Å². The van der Waals surface area contributed by atoms with Crippen molar-refractivity contribution in [2.45, 2.75) is 13.5 Å². The molecule has 0 aliphatic carbocycles. The maximum atomic E-state index is 13.1. The molecule has 3 aromatic rings. The molecule has 0 atom stereocenters. The molecule has 0 aromatic heterocycles. The highest BCUT2D eigenvalue weighted by Gasteiger charge is 2.33. The number of amides is 1. The number of ether oxygens (including phenoxy) is 2. The molecule has 168 valence electrons. The first-order valence-electron chi connectivity index (χ1n) is 10.1. The molecule has 0 N–H and O–H groups in total. The van der Waals surface area contributed by atoms with Gasteiger partial charge in [-0.15, -0.1) is 0 Å². The van der Waals surface area contributed by atoms with E-state index >= 15 is 0 Å². The number of benzene rings is 3. The highest BCUT2D eigenvalue weighted by molar-refractivity contribution is 8.27. The number of rotatable bonds is 7. The van der Waals surface area contributed by atoms with Gasteiger partial charge in [-0.05, 0) is 60.5 Å². The van der Waals surface area contributed by atoms with Gasteiger partial charge in [-0.1, -0.05) is 65.9 Å². The molecular formula is C25H19ClFNO3S2. The molecule has 0 unspecified atom stereocenters. The van der Waals surface area contributed by atoms with Crippen molar-refractivity contribution in [1.82, 2.24) is 0 Å². The van der Waals surface area contributed by atoms with Gasteiger partial charge in [-0.3, -0.25) is 9.69 Å². The normalized spacial score (nSPS) is 14.8. The highest BCUT2D eigenvalue weighted by atomic mass is 35.5. The Balaban J connectivity index is 1.59. The van der Waals surface area contributed by atoms with Crippen LogP contribution in [-0.2, 0) is 11.4 Å². The van der Waals surface area contributed by atoms with Crippen LogP contribution in [0, 0.1) is 5.82 Å². The number of carbonyl (C=O) groups excluding carboxylic acids is 1. The first kappa shape index (κ1) is 23.3. The zero-order valence-electron chi connectivity index (χ0n) is 17.6. The quantitative estimate of drug-likeness (QED) is 0.262.